The van der Waals surface area contributed by atoms with Gasteiger partial charge in [0.05, 0.1) is 7.11 Å². The van der Waals surface area contributed by atoms with Crippen LogP contribution in [0.2, 0.25) is 0 Å². The molecular weight excluding hydrogens is 234 g/mol. The number of carbonyl (C=O) groups excluding carboxylic acids is 1. The molecule has 1 aromatic heterocycles. The van der Waals surface area contributed by atoms with Gasteiger partial charge in [0, 0.05) is 18.4 Å². The number of rotatable bonds is 5. The molecule has 1 N–H and O–H groups in total. The van der Waals surface area contributed by atoms with Crippen molar-refractivity contribution in [3.05, 3.63) is 36.2 Å². The summed E-state index contributed by atoms with van der Waals surface area (Å²) in [6.07, 6.45) is 0.624. The molecule has 18 heavy (non-hydrogen) atoms. The maximum Gasteiger partial charge on any atom is 0.244 e. The molecule has 0 aliphatic carbocycles. The summed E-state index contributed by atoms with van der Waals surface area (Å²) in [7, 11) is 1.39. The van der Waals surface area contributed by atoms with E-state index in [9.17, 15) is 4.79 Å². The highest BCUT2D eigenvalue weighted by Crippen LogP contribution is 2.15. The van der Waals surface area contributed by atoms with Crippen LogP contribution in [-0.2, 0) is 16.1 Å². The number of benzene rings is 1. The van der Waals surface area contributed by atoms with E-state index in [4.69, 9.17) is 4.52 Å². The number of hydrogen-bond acceptors (Lipinski definition) is 5. The Morgan fingerprint density at radius 3 is 2.89 bits per heavy atom. The lowest BCUT2D eigenvalue weighted by Crippen LogP contribution is -2.21. The van der Waals surface area contributed by atoms with E-state index < -0.39 is 0 Å². The Morgan fingerprint density at radius 1 is 1.39 bits per heavy atom. The normalized spacial score (nSPS) is 10.3. The number of nitrogens with zero attached hydrogens (tertiary/aromatic N) is 2. The average molecular weight is 247 g/mol. The van der Waals surface area contributed by atoms with Gasteiger partial charge in [-0.15, -0.1) is 0 Å². The van der Waals surface area contributed by atoms with Crippen molar-refractivity contribution < 1.29 is 14.2 Å². The SMILES string of the molecule is CONC(=O)CCc1nc(-c2ccccc2)no1. The molecule has 0 spiro atoms. The van der Waals surface area contributed by atoms with Gasteiger partial charge in [-0.3, -0.25) is 9.63 Å². The summed E-state index contributed by atoms with van der Waals surface area (Å²) in [6.45, 7) is 0. The zero-order chi connectivity index (χ0) is 12.8. The largest absolute Gasteiger partial charge is 0.339 e. The summed E-state index contributed by atoms with van der Waals surface area (Å²) in [5.74, 6) is 0.731. The number of hydrogen-bond donors (Lipinski definition) is 1. The fourth-order valence-electron chi connectivity index (χ4n) is 1.45. The molecule has 2 aromatic rings. The van der Waals surface area contributed by atoms with Crippen molar-refractivity contribution in [2.75, 3.05) is 7.11 Å². The Kier molecular flexibility index (Phi) is 4.03. The zero-order valence-electron chi connectivity index (χ0n) is 9.92. The van der Waals surface area contributed by atoms with E-state index >= 15 is 0 Å². The van der Waals surface area contributed by atoms with Crippen molar-refractivity contribution in [2.24, 2.45) is 0 Å². The lowest BCUT2D eigenvalue weighted by atomic mass is 10.2. The van der Waals surface area contributed by atoms with E-state index in [0.717, 1.165) is 5.56 Å². The molecule has 1 amide bonds. The quantitative estimate of drug-likeness (QED) is 0.807. The second-order valence-corrected chi connectivity index (χ2v) is 3.61. The fourth-order valence-corrected chi connectivity index (χ4v) is 1.45. The van der Waals surface area contributed by atoms with E-state index in [0.29, 0.717) is 18.1 Å². The van der Waals surface area contributed by atoms with E-state index in [-0.39, 0.29) is 12.3 Å². The summed E-state index contributed by atoms with van der Waals surface area (Å²) in [5.41, 5.74) is 3.11. The minimum absolute atomic E-state index is 0.225. The fraction of sp³-hybridized carbons (Fsp3) is 0.250. The Bertz CT molecular complexity index is 510. The second-order valence-electron chi connectivity index (χ2n) is 3.61. The highest BCUT2D eigenvalue weighted by atomic mass is 16.6. The van der Waals surface area contributed by atoms with Crippen molar-refractivity contribution in [2.45, 2.75) is 12.8 Å². The van der Waals surface area contributed by atoms with Crippen LogP contribution >= 0.6 is 0 Å². The Hall–Kier alpha value is -2.21. The lowest BCUT2D eigenvalue weighted by Gasteiger charge is -1.98. The topological polar surface area (TPSA) is 77.2 Å². The van der Waals surface area contributed by atoms with Gasteiger partial charge < -0.3 is 4.52 Å². The van der Waals surface area contributed by atoms with Crippen molar-refractivity contribution in [1.29, 1.82) is 0 Å². The number of aryl methyl sites for hydroxylation is 1. The van der Waals surface area contributed by atoms with Gasteiger partial charge >= 0.3 is 0 Å². The van der Waals surface area contributed by atoms with E-state index in [1.165, 1.54) is 7.11 Å². The van der Waals surface area contributed by atoms with Crippen LogP contribution in [0.3, 0.4) is 0 Å². The first kappa shape index (κ1) is 12.3. The van der Waals surface area contributed by atoms with Gasteiger partial charge in [0.1, 0.15) is 0 Å². The van der Waals surface area contributed by atoms with Crippen LogP contribution in [0, 0.1) is 0 Å². The van der Waals surface area contributed by atoms with E-state index in [1.807, 2.05) is 30.3 Å². The zero-order valence-corrected chi connectivity index (χ0v) is 9.92. The van der Waals surface area contributed by atoms with Crippen LogP contribution in [0.4, 0.5) is 0 Å². The number of nitrogens with one attached hydrogen (secondary N) is 1. The van der Waals surface area contributed by atoms with Crippen LogP contribution in [0.1, 0.15) is 12.3 Å². The van der Waals surface area contributed by atoms with Gasteiger partial charge in [-0.2, -0.15) is 4.98 Å². The molecule has 2 rings (SSSR count). The molecule has 1 heterocycles. The van der Waals surface area contributed by atoms with Crippen molar-refractivity contribution in [1.82, 2.24) is 15.6 Å². The standard InChI is InChI=1S/C12H13N3O3/c1-17-14-10(16)7-8-11-13-12(15-18-11)9-5-3-2-4-6-9/h2-6H,7-8H2,1H3,(H,14,16). The predicted octanol–water partition coefficient (Wildman–Crippen LogP) is 1.35. The molecule has 0 atom stereocenters. The Balaban J connectivity index is 1.97. The summed E-state index contributed by atoms with van der Waals surface area (Å²) in [4.78, 5) is 19.9. The number of aromatic nitrogens is 2. The van der Waals surface area contributed by atoms with Gasteiger partial charge in [-0.1, -0.05) is 35.5 Å². The molecule has 0 bridgehead atoms. The third-order valence-corrected chi connectivity index (χ3v) is 2.28. The molecule has 0 fully saturated rings. The molecule has 6 heteroatoms. The summed E-state index contributed by atoms with van der Waals surface area (Å²) in [5, 5.41) is 3.86. The summed E-state index contributed by atoms with van der Waals surface area (Å²) >= 11 is 0. The molecule has 0 unspecified atom stereocenters. The van der Waals surface area contributed by atoms with Gasteiger partial charge in [0.2, 0.25) is 17.6 Å². The molecule has 0 saturated carbocycles. The number of amides is 1. The van der Waals surface area contributed by atoms with Crippen molar-refractivity contribution in [3.8, 4) is 11.4 Å². The van der Waals surface area contributed by atoms with Gasteiger partial charge in [-0.05, 0) is 0 Å². The molecule has 1 aromatic carbocycles. The lowest BCUT2D eigenvalue weighted by molar-refractivity contribution is -0.131. The minimum Gasteiger partial charge on any atom is -0.339 e. The molecule has 6 nitrogen and oxygen atoms in total. The predicted molar refractivity (Wildman–Crippen MR) is 63.2 cm³/mol. The molecule has 0 aliphatic heterocycles. The Morgan fingerprint density at radius 2 is 2.17 bits per heavy atom. The Labute approximate surface area is 104 Å². The highest BCUT2D eigenvalue weighted by molar-refractivity contribution is 5.74. The highest BCUT2D eigenvalue weighted by Gasteiger charge is 2.10. The van der Waals surface area contributed by atoms with Crippen LogP contribution in [0.25, 0.3) is 11.4 Å². The average Bonchev–Trinajstić information content (AvgIpc) is 2.87. The first-order valence-electron chi connectivity index (χ1n) is 5.49. The minimum atomic E-state index is -0.225. The monoisotopic (exact) mass is 247 g/mol. The molecule has 94 valence electrons. The van der Waals surface area contributed by atoms with Crippen molar-refractivity contribution >= 4 is 5.91 Å². The van der Waals surface area contributed by atoms with Crippen molar-refractivity contribution in [3.63, 3.8) is 0 Å². The molecular formula is C12H13N3O3. The number of hydroxylamine groups is 1. The first-order valence-corrected chi connectivity index (χ1v) is 5.49. The van der Waals surface area contributed by atoms with E-state index in [2.05, 4.69) is 20.5 Å². The van der Waals surface area contributed by atoms with Gasteiger partial charge in [0.25, 0.3) is 0 Å². The summed E-state index contributed by atoms with van der Waals surface area (Å²) < 4.78 is 5.07. The maximum atomic E-state index is 11.2. The first-order chi connectivity index (χ1) is 8.79. The third kappa shape index (κ3) is 3.14. The van der Waals surface area contributed by atoms with Crippen LogP contribution < -0.4 is 5.48 Å². The second kappa shape index (κ2) is 5.92. The van der Waals surface area contributed by atoms with Crippen LogP contribution in [0.5, 0.6) is 0 Å². The smallest absolute Gasteiger partial charge is 0.244 e. The molecule has 0 radical (unpaired) electrons. The van der Waals surface area contributed by atoms with Crippen LogP contribution in [0.15, 0.2) is 34.9 Å². The van der Waals surface area contributed by atoms with Gasteiger partial charge in [-0.25, -0.2) is 5.48 Å². The summed E-state index contributed by atoms with van der Waals surface area (Å²) in [6, 6.07) is 9.51. The van der Waals surface area contributed by atoms with Gasteiger partial charge in [0.15, 0.2) is 0 Å². The molecule has 0 aliphatic rings. The van der Waals surface area contributed by atoms with Crippen LogP contribution in [-0.4, -0.2) is 23.2 Å². The number of carbonyl (C=O) groups is 1. The van der Waals surface area contributed by atoms with E-state index in [1.54, 1.807) is 0 Å². The molecule has 0 saturated heterocycles. The third-order valence-electron chi connectivity index (χ3n) is 2.28. The maximum absolute atomic E-state index is 11.2.